The van der Waals surface area contributed by atoms with Crippen molar-refractivity contribution in [2.24, 2.45) is 0 Å². The van der Waals surface area contributed by atoms with Crippen molar-refractivity contribution in [2.45, 2.75) is 50.2 Å². The van der Waals surface area contributed by atoms with Crippen LogP contribution >= 0.6 is 11.6 Å². The van der Waals surface area contributed by atoms with E-state index in [0.717, 1.165) is 25.1 Å². The summed E-state index contributed by atoms with van der Waals surface area (Å²) in [7, 11) is 0. The molecule has 3 rings (SSSR count). The van der Waals surface area contributed by atoms with Crippen LogP contribution in [0.1, 0.15) is 32.1 Å². The number of hydrogen-bond acceptors (Lipinski definition) is 2. The van der Waals surface area contributed by atoms with E-state index in [0.29, 0.717) is 17.1 Å². The average molecular weight is 334 g/mol. The third-order valence-electron chi connectivity index (χ3n) is 4.90. The lowest BCUT2D eigenvalue weighted by atomic mass is 9.82. The zero-order valence-corrected chi connectivity index (χ0v) is 14.1. The summed E-state index contributed by atoms with van der Waals surface area (Å²) < 4.78 is 0. The summed E-state index contributed by atoms with van der Waals surface area (Å²) in [6, 6.07) is 8.42. The lowest BCUT2D eigenvalue weighted by molar-refractivity contribution is 0.0375. The zero-order valence-electron chi connectivity index (χ0n) is 13.3. The molecule has 0 radical (unpaired) electrons. The van der Waals surface area contributed by atoms with Crippen molar-refractivity contribution >= 4 is 23.3 Å². The number of carbonyl (C=O) groups is 1. The number of anilines is 1. The van der Waals surface area contributed by atoms with Crippen molar-refractivity contribution in [3.05, 3.63) is 41.9 Å². The first kappa shape index (κ1) is 16.3. The maximum Gasteiger partial charge on any atom is 0.319 e. The minimum atomic E-state index is -0.132. The van der Waals surface area contributed by atoms with E-state index in [1.54, 1.807) is 12.1 Å². The Hall–Kier alpha value is -1.52. The number of nitrogens with one attached hydrogen (secondary N) is 2. The van der Waals surface area contributed by atoms with Gasteiger partial charge in [-0.1, -0.05) is 24.1 Å². The molecule has 0 saturated carbocycles. The second-order valence-electron chi connectivity index (χ2n) is 6.50. The van der Waals surface area contributed by atoms with E-state index in [1.807, 2.05) is 18.2 Å². The molecule has 2 aliphatic heterocycles. The largest absolute Gasteiger partial charge is 0.335 e. The van der Waals surface area contributed by atoms with Crippen LogP contribution in [0, 0.1) is 0 Å². The Morgan fingerprint density at radius 3 is 2.52 bits per heavy atom. The van der Waals surface area contributed by atoms with Gasteiger partial charge in [-0.15, -0.1) is 6.58 Å². The number of urea groups is 1. The molecular weight excluding hydrogens is 310 g/mol. The number of rotatable bonds is 4. The van der Waals surface area contributed by atoms with Crippen molar-refractivity contribution < 1.29 is 4.79 Å². The summed E-state index contributed by atoms with van der Waals surface area (Å²) in [4.78, 5) is 14.8. The molecule has 23 heavy (non-hydrogen) atoms. The van der Waals surface area contributed by atoms with Gasteiger partial charge in [0, 0.05) is 35.4 Å². The van der Waals surface area contributed by atoms with E-state index >= 15 is 0 Å². The molecule has 2 amide bonds. The molecule has 2 fully saturated rings. The minimum absolute atomic E-state index is 0.132. The van der Waals surface area contributed by atoms with E-state index in [2.05, 4.69) is 22.1 Å². The number of amides is 2. The second-order valence-corrected chi connectivity index (χ2v) is 6.93. The van der Waals surface area contributed by atoms with Crippen LogP contribution in [0.25, 0.3) is 0 Å². The topological polar surface area (TPSA) is 44.4 Å². The van der Waals surface area contributed by atoms with Crippen LogP contribution in [0.4, 0.5) is 10.5 Å². The molecule has 1 unspecified atom stereocenters. The first-order chi connectivity index (χ1) is 11.2. The molecule has 2 saturated heterocycles. The van der Waals surface area contributed by atoms with Crippen molar-refractivity contribution in [1.82, 2.24) is 10.2 Å². The van der Waals surface area contributed by atoms with Crippen LogP contribution in [0.3, 0.4) is 0 Å². The molecule has 1 aromatic rings. The molecule has 1 aromatic carbocycles. The lowest BCUT2D eigenvalue weighted by Crippen LogP contribution is -2.57. The predicted molar refractivity (Wildman–Crippen MR) is 95.0 cm³/mol. The van der Waals surface area contributed by atoms with Crippen LogP contribution in [0.15, 0.2) is 36.9 Å². The molecule has 124 valence electrons. The first-order valence-electron chi connectivity index (χ1n) is 8.35. The molecule has 3 atom stereocenters. The molecule has 2 heterocycles. The number of nitrogens with zero attached hydrogens (tertiary/aromatic N) is 1. The number of benzene rings is 1. The third-order valence-corrected chi connectivity index (χ3v) is 5.16. The van der Waals surface area contributed by atoms with Gasteiger partial charge in [0.2, 0.25) is 0 Å². The highest BCUT2D eigenvalue weighted by atomic mass is 35.5. The van der Waals surface area contributed by atoms with Gasteiger partial charge in [-0.05, 0) is 49.9 Å². The fourth-order valence-corrected chi connectivity index (χ4v) is 4.06. The lowest BCUT2D eigenvalue weighted by Gasteiger charge is -2.48. The summed E-state index contributed by atoms with van der Waals surface area (Å²) in [6.45, 7) is 4.83. The Bertz CT molecular complexity index is 546. The van der Waals surface area contributed by atoms with Crippen LogP contribution in [0.2, 0.25) is 5.02 Å². The second kappa shape index (κ2) is 7.37. The van der Waals surface area contributed by atoms with Crippen LogP contribution < -0.4 is 10.6 Å². The Kier molecular flexibility index (Phi) is 5.23. The van der Waals surface area contributed by atoms with Crippen molar-refractivity contribution in [3.63, 3.8) is 0 Å². The highest BCUT2D eigenvalue weighted by molar-refractivity contribution is 6.30. The Labute approximate surface area is 142 Å². The maximum absolute atomic E-state index is 12.2. The highest BCUT2D eigenvalue weighted by Crippen LogP contribution is 2.33. The van der Waals surface area contributed by atoms with Gasteiger partial charge >= 0.3 is 6.03 Å². The molecule has 0 spiro atoms. The van der Waals surface area contributed by atoms with E-state index in [9.17, 15) is 4.79 Å². The molecule has 0 aliphatic carbocycles. The van der Waals surface area contributed by atoms with Crippen molar-refractivity contribution in [2.75, 3.05) is 11.9 Å². The average Bonchev–Trinajstić information content (AvgIpc) is 2.50. The standard InChI is InChI=1S/C18H24ClN3O/c1-2-10-22-16-4-3-5-17(22)12-15(11-16)21-18(23)20-14-8-6-13(19)7-9-14/h2,6-9,15-17H,1,3-5,10-12H2,(H2,20,21,23)/t15?,16-,17+. The molecule has 4 nitrogen and oxygen atoms in total. The van der Waals surface area contributed by atoms with E-state index < -0.39 is 0 Å². The number of fused-ring (bicyclic) bond motifs is 2. The zero-order chi connectivity index (χ0) is 16.2. The fourth-order valence-electron chi connectivity index (χ4n) is 3.93. The number of piperidine rings is 2. The maximum atomic E-state index is 12.2. The van der Waals surface area contributed by atoms with Crippen molar-refractivity contribution in [3.8, 4) is 0 Å². The summed E-state index contributed by atoms with van der Waals surface area (Å²) in [6.07, 6.45) is 7.79. The summed E-state index contributed by atoms with van der Waals surface area (Å²) in [5, 5.41) is 6.68. The smallest absolute Gasteiger partial charge is 0.319 e. The Balaban J connectivity index is 1.55. The van der Waals surface area contributed by atoms with Crippen molar-refractivity contribution in [1.29, 1.82) is 0 Å². The predicted octanol–water partition coefficient (Wildman–Crippen LogP) is 4.03. The van der Waals surface area contributed by atoms with Gasteiger partial charge in [-0.3, -0.25) is 4.90 Å². The molecule has 0 aromatic heterocycles. The Morgan fingerprint density at radius 1 is 1.26 bits per heavy atom. The summed E-state index contributed by atoms with van der Waals surface area (Å²) in [5.41, 5.74) is 0.760. The van der Waals surface area contributed by atoms with Gasteiger partial charge in [0.05, 0.1) is 0 Å². The fraction of sp³-hybridized carbons (Fsp3) is 0.500. The van der Waals surface area contributed by atoms with Gasteiger partial charge in [-0.25, -0.2) is 4.79 Å². The van der Waals surface area contributed by atoms with Crippen LogP contribution in [0.5, 0.6) is 0 Å². The normalized spacial score (nSPS) is 27.3. The van der Waals surface area contributed by atoms with E-state index in [-0.39, 0.29) is 12.1 Å². The third kappa shape index (κ3) is 4.06. The minimum Gasteiger partial charge on any atom is -0.335 e. The number of carbonyl (C=O) groups excluding carboxylic acids is 1. The molecule has 2 aliphatic rings. The Morgan fingerprint density at radius 2 is 1.91 bits per heavy atom. The van der Waals surface area contributed by atoms with Crippen LogP contribution in [-0.4, -0.2) is 35.6 Å². The van der Waals surface area contributed by atoms with Gasteiger partial charge in [-0.2, -0.15) is 0 Å². The summed E-state index contributed by atoms with van der Waals surface area (Å²) in [5.74, 6) is 0. The quantitative estimate of drug-likeness (QED) is 0.817. The highest BCUT2D eigenvalue weighted by Gasteiger charge is 2.37. The van der Waals surface area contributed by atoms with E-state index in [1.165, 1.54) is 19.3 Å². The number of halogens is 1. The van der Waals surface area contributed by atoms with E-state index in [4.69, 9.17) is 11.6 Å². The SMILES string of the molecule is C=CCN1[C@@H]2CCC[C@H]1CC(NC(=O)Nc1ccc(Cl)cc1)C2. The van der Waals surface area contributed by atoms with Gasteiger partial charge in [0.15, 0.2) is 0 Å². The van der Waals surface area contributed by atoms with Crippen LogP contribution in [-0.2, 0) is 0 Å². The van der Waals surface area contributed by atoms with Gasteiger partial charge in [0.25, 0.3) is 0 Å². The summed E-state index contributed by atoms with van der Waals surface area (Å²) >= 11 is 5.86. The van der Waals surface area contributed by atoms with Gasteiger partial charge < -0.3 is 10.6 Å². The first-order valence-corrected chi connectivity index (χ1v) is 8.73. The molecule has 2 bridgehead atoms. The van der Waals surface area contributed by atoms with Gasteiger partial charge in [0.1, 0.15) is 0 Å². The number of hydrogen-bond donors (Lipinski definition) is 2. The molecule has 5 heteroatoms. The monoisotopic (exact) mass is 333 g/mol. The molecule has 2 N–H and O–H groups in total. The molecular formula is C18H24ClN3O.